The van der Waals surface area contributed by atoms with Gasteiger partial charge in [0.15, 0.2) is 0 Å². The van der Waals surface area contributed by atoms with E-state index >= 15 is 0 Å². The third kappa shape index (κ3) is 6.45. The minimum absolute atomic E-state index is 0.208. The number of nitrogens with zero attached hydrogens (tertiary/aromatic N) is 3. The SMILES string of the molecule is N#Cc1cnc(NCCc2ccccc2)nc1NCC12CC3C[C@H](C1)C(CNC(=O)OCc1ccccc1)[C@@H](C3)C2. The van der Waals surface area contributed by atoms with Gasteiger partial charge in [-0.2, -0.15) is 10.2 Å². The van der Waals surface area contributed by atoms with E-state index in [4.69, 9.17) is 4.74 Å². The second-order valence-electron chi connectivity index (χ2n) is 12.2. The third-order valence-electron chi connectivity index (χ3n) is 9.37. The van der Waals surface area contributed by atoms with Crippen molar-refractivity contribution >= 4 is 17.9 Å². The average molecular weight is 551 g/mol. The van der Waals surface area contributed by atoms with Gasteiger partial charge in [0, 0.05) is 19.6 Å². The van der Waals surface area contributed by atoms with Crippen molar-refractivity contribution in [2.24, 2.45) is 29.1 Å². The lowest BCUT2D eigenvalue weighted by Crippen LogP contribution is -2.55. The van der Waals surface area contributed by atoms with Crippen LogP contribution in [0.15, 0.2) is 66.9 Å². The van der Waals surface area contributed by atoms with Gasteiger partial charge in [0.2, 0.25) is 5.95 Å². The van der Waals surface area contributed by atoms with Gasteiger partial charge >= 0.3 is 6.09 Å². The minimum Gasteiger partial charge on any atom is -0.445 e. The molecule has 0 saturated heterocycles. The zero-order chi connectivity index (χ0) is 28.1. The predicted molar refractivity (Wildman–Crippen MR) is 158 cm³/mol. The van der Waals surface area contributed by atoms with Crippen molar-refractivity contribution in [3.8, 4) is 6.07 Å². The molecule has 4 aliphatic rings. The molecular formula is C33H38N6O2. The maximum absolute atomic E-state index is 12.4. The van der Waals surface area contributed by atoms with E-state index in [1.165, 1.54) is 24.8 Å². The van der Waals surface area contributed by atoms with Crippen LogP contribution in [0.1, 0.15) is 48.8 Å². The van der Waals surface area contributed by atoms with Crippen LogP contribution in [0.5, 0.6) is 0 Å². The van der Waals surface area contributed by atoms with Crippen LogP contribution >= 0.6 is 0 Å². The number of benzene rings is 2. The lowest BCUT2D eigenvalue weighted by Gasteiger charge is -2.60. The van der Waals surface area contributed by atoms with Crippen LogP contribution in [-0.4, -0.2) is 35.7 Å². The van der Waals surface area contributed by atoms with Gasteiger partial charge in [0.1, 0.15) is 24.1 Å². The van der Waals surface area contributed by atoms with Gasteiger partial charge in [-0.3, -0.25) is 0 Å². The Kier molecular flexibility index (Phi) is 8.04. The third-order valence-corrected chi connectivity index (χ3v) is 9.37. The Labute approximate surface area is 241 Å². The first-order chi connectivity index (χ1) is 20.1. The standard InChI is InChI=1S/C33H38N6O2/c34-18-28-19-36-31(35-12-11-23-7-3-1-4-8-23)39-30(28)38-22-33-15-25-13-26(16-33)29(27(14-25)17-33)20-37-32(40)41-21-24-9-5-2-6-10-24/h1-10,19,25-27,29H,11-17,20-22H2,(H,37,40)(H2,35,36,38,39)/t25?,26-,27+,29?,33?. The smallest absolute Gasteiger partial charge is 0.407 e. The molecule has 8 nitrogen and oxygen atoms in total. The van der Waals surface area contributed by atoms with E-state index in [0.717, 1.165) is 43.8 Å². The largest absolute Gasteiger partial charge is 0.445 e. The zero-order valence-electron chi connectivity index (χ0n) is 23.4. The highest BCUT2D eigenvalue weighted by atomic mass is 16.5. The van der Waals surface area contributed by atoms with Crippen molar-refractivity contribution in [2.75, 3.05) is 30.3 Å². The number of aromatic nitrogens is 2. The molecule has 4 fully saturated rings. The fourth-order valence-electron chi connectivity index (χ4n) is 7.74. The topological polar surface area (TPSA) is 112 Å². The molecule has 3 aromatic rings. The van der Waals surface area contributed by atoms with E-state index in [2.05, 4.69) is 44.1 Å². The van der Waals surface area contributed by atoms with Crippen molar-refractivity contribution in [3.63, 3.8) is 0 Å². The number of nitrogens with one attached hydrogen (secondary N) is 3. The van der Waals surface area contributed by atoms with Crippen molar-refractivity contribution in [2.45, 2.75) is 45.1 Å². The lowest BCUT2D eigenvalue weighted by molar-refractivity contribution is -0.0870. The molecule has 7 rings (SSSR count). The molecule has 4 aliphatic carbocycles. The Hall–Kier alpha value is -4.12. The summed E-state index contributed by atoms with van der Waals surface area (Å²) in [6.07, 6.45) is 8.16. The molecule has 1 amide bonds. The summed E-state index contributed by atoms with van der Waals surface area (Å²) in [6, 6.07) is 22.3. The number of amides is 1. The molecule has 8 heteroatoms. The first-order valence-corrected chi connectivity index (χ1v) is 14.8. The molecule has 0 aliphatic heterocycles. The van der Waals surface area contributed by atoms with Crippen molar-refractivity contribution < 1.29 is 9.53 Å². The summed E-state index contributed by atoms with van der Waals surface area (Å²) in [5.74, 6) is 3.60. The molecule has 1 heterocycles. The summed E-state index contributed by atoms with van der Waals surface area (Å²) < 4.78 is 5.45. The molecule has 4 bridgehead atoms. The van der Waals surface area contributed by atoms with Gasteiger partial charge in [-0.25, -0.2) is 9.78 Å². The Bertz CT molecular complexity index is 1360. The van der Waals surface area contributed by atoms with Crippen molar-refractivity contribution in [1.29, 1.82) is 5.26 Å². The van der Waals surface area contributed by atoms with Gasteiger partial charge in [0.05, 0.1) is 6.20 Å². The predicted octanol–water partition coefficient (Wildman–Crippen LogP) is 5.78. The quantitative estimate of drug-likeness (QED) is 0.277. The number of alkyl carbamates (subject to hydrolysis) is 1. The molecule has 4 saturated carbocycles. The fourth-order valence-corrected chi connectivity index (χ4v) is 7.74. The maximum Gasteiger partial charge on any atom is 0.407 e. The molecule has 41 heavy (non-hydrogen) atoms. The molecule has 1 aromatic heterocycles. The molecule has 3 N–H and O–H groups in total. The number of ether oxygens (including phenoxy) is 1. The highest BCUT2D eigenvalue weighted by Gasteiger charge is 2.55. The summed E-state index contributed by atoms with van der Waals surface area (Å²) >= 11 is 0. The van der Waals surface area contributed by atoms with Gasteiger partial charge in [-0.05, 0) is 78.7 Å². The van der Waals surface area contributed by atoms with Crippen LogP contribution in [0.2, 0.25) is 0 Å². The van der Waals surface area contributed by atoms with E-state index in [9.17, 15) is 10.1 Å². The number of hydrogen-bond donors (Lipinski definition) is 3. The summed E-state index contributed by atoms with van der Waals surface area (Å²) in [4.78, 5) is 21.5. The number of anilines is 2. The summed E-state index contributed by atoms with van der Waals surface area (Å²) in [5.41, 5.74) is 2.93. The molecule has 5 atom stereocenters. The Morgan fingerprint density at radius 1 is 0.976 bits per heavy atom. The highest BCUT2D eigenvalue weighted by Crippen LogP contribution is 2.62. The van der Waals surface area contributed by atoms with Crippen molar-refractivity contribution in [3.05, 3.63) is 83.6 Å². The summed E-state index contributed by atoms with van der Waals surface area (Å²) in [6.45, 7) is 2.51. The number of rotatable bonds is 11. The van der Waals surface area contributed by atoms with Crippen LogP contribution in [0.25, 0.3) is 0 Å². The Morgan fingerprint density at radius 2 is 1.68 bits per heavy atom. The zero-order valence-corrected chi connectivity index (χ0v) is 23.4. The van der Waals surface area contributed by atoms with E-state index in [0.29, 0.717) is 48.2 Å². The molecule has 2 aromatic carbocycles. The molecule has 0 spiro atoms. The minimum atomic E-state index is -0.333. The van der Waals surface area contributed by atoms with Gasteiger partial charge in [-0.1, -0.05) is 60.7 Å². The molecule has 0 radical (unpaired) electrons. The van der Waals surface area contributed by atoms with Crippen molar-refractivity contribution in [1.82, 2.24) is 15.3 Å². The monoisotopic (exact) mass is 550 g/mol. The van der Waals surface area contributed by atoms with Gasteiger partial charge in [0.25, 0.3) is 0 Å². The molecular weight excluding hydrogens is 512 g/mol. The Morgan fingerprint density at radius 3 is 2.39 bits per heavy atom. The maximum atomic E-state index is 12.4. The average Bonchev–Trinajstić information content (AvgIpc) is 2.99. The molecule has 3 unspecified atom stereocenters. The van der Waals surface area contributed by atoms with Gasteiger partial charge < -0.3 is 20.7 Å². The van der Waals surface area contributed by atoms with Crippen LogP contribution in [-0.2, 0) is 17.8 Å². The van der Waals surface area contributed by atoms with Gasteiger partial charge in [-0.15, -0.1) is 0 Å². The van der Waals surface area contributed by atoms with Crippen LogP contribution < -0.4 is 16.0 Å². The second-order valence-corrected chi connectivity index (χ2v) is 12.2. The number of carbonyl (C=O) groups is 1. The van der Waals surface area contributed by atoms with Crippen LogP contribution in [0.4, 0.5) is 16.6 Å². The number of carbonyl (C=O) groups excluding carboxylic acids is 1. The highest BCUT2D eigenvalue weighted by molar-refractivity contribution is 5.67. The Balaban J connectivity index is 1.03. The van der Waals surface area contributed by atoms with E-state index < -0.39 is 0 Å². The van der Waals surface area contributed by atoms with E-state index in [1.54, 1.807) is 6.20 Å². The van der Waals surface area contributed by atoms with E-state index in [1.807, 2.05) is 48.5 Å². The first-order valence-electron chi connectivity index (χ1n) is 14.8. The summed E-state index contributed by atoms with van der Waals surface area (Å²) in [5, 5.41) is 19.6. The fraction of sp³-hybridized carbons (Fsp3) is 0.455. The first kappa shape index (κ1) is 27.1. The second kappa shape index (κ2) is 12.2. The number of nitriles is 1. The molecule has 212 valence electrons. The van der Waals surface area contributed by atoms with Crippen LogP contribution in [0.3, 0.4) is 0 Å². The van der Waals surface area contributed by atoms with E-state index in [-0.39, 0.29) is 11.5 Å². The van der Waals surface area contributed by atoms with Crippen LogP contribution in [0, 0.1) is 40.4 Å². The summed E-state index contributed by atoms with van der Waals surface area (Å²) in [7, 11) is 0. The lowest BCUT2D eigenvalue weighted by atomic mass is 9.46. The number of hydrogen-bond acceptors (Lipinski definition) is 7. The normalized spacial score (nSPS) is 25.7.